The Morgan fingerprint density at radius 2 is 1.90 bits per heavy atom. The van der Waals surface area contributed by atoms with E-state index in [1.807, 2.05) is 10.8 Å². The highest BCUT2D eigenvalue weighted by Gasteiger charge is 2.36. The molecule has 3 fully saturated rings. The van der Waals surface area contributed by atoms with Crippen LogP contribution in [-0.4, -0.2) is 64.4 Å². The maximum absolute atomic E-state index is 15.2. The number of nitrogens with zero attached hydrogens (tertiary/aromatic N) is 4. The van der Waals surface area contributed by atoms with Crippen LogP contribution in [0.3, 0.4) is 0 Å². The lowest BCUT2D eigenvalue weighted by Crippen LogP contribution is -2.52. The number of hydrogen-bond donors (Lipinski definition) is 3. The van der Waals surface area contributed by atoms with Crippen LogP contribution in [0.2, 0.25) is 0 Å². The number of carbonyl (C=O) groups excluding carboxylic acids is 1. The summed E-state index contributed by atoms with van der Waals surface area (Å²) in [6, 6.07) is 6.82. The highest BCUT2D eigenvalue weighted by molar-refractivity contribution is 6.02. The van der Waals surface area contributed by atoms with Crippen molar-refractivity contribution in [1.29, 1.82) is 0 Å². The van der Waals surface area contributed by atoms with Gasteiger partial charge in [-0.25, -0.2) is 23.5 Å². The summed E-state index contributed by atoms with van der Waals surface area (Å²) in [5, 5.41) is 5.27. The summed E-state index contributed by atoms with van der Waals surface area (Å²) in [6.07, 6.45) is 1.45. The predicted octanol–water partition coefficient (Wildman–Crippen LogP) is 6.77. The van der Waals surface area contributed by atoms with E-state index in [0.717, 1.165) is 25.0 Å². The number of anilines is 3. The second-order valence-electron chi connectivity index (χ2n) is 12.3. The van der Waals surface area contributed by atoms with Crippen LogP contribution in [0.25, 0.3) is 22.2 Å². The van der Waals surface area contributed by atoms with Crippen molar-refractivity contribution >= 4 is 34.3 Å². The van der Waals surface area contributed by atoms with Crippen LogP contribution in [-0.2, 0) is 10.9 Å². The SMILES string of the molecule is Nc1ncnc2c1c(-c1ccc(NC(=O)Nc3ccc(OCC4CCN(C5COC5)C/C4=C\F)c(C(F)(F)F)c3)c(F)c1)cn2C1CC1. The summed E-state index contributed by atoms with van der Waals surface area (Å²) in [7, 11) is 0. The van der Waals surface area contributed by atoms with Gasteiger partial charge in [-0.15, -0.1) is 0 Å². The molecule has 4 aromatic rings. The van der Waals surface area contributed by atoms with Gasteiger partial charge in [0.2, 0.25) is 0 Å². The Bertz CT molecular complexity index is 1890. The van der Waals surface area contributed by atoms with Crippen LogP contribution in [0.5, 0.6) is 5.75 Å². The highest BCUT2D eigenvalue weighted by Crippen LogP contribution is 2.42. The number of likely N-dealkylation sites (tertiary alicyclic amines) is 1. The Kier molecular flexibility index (Phi) is 8.41. The molecule has 1 atom stereocenters. The lowest BCUT2D eigenvalue weighted by Gasteiger charge is -2.42. The zero-order chi connectivity index (χ0) is 33.6. The van der Waals surface area contributed by atoms with Gasteiger partial charge in [0.25, 0.3) is 0 Å². The van der Waals surface area contributed by atoms with Gasteiger partial charge in [-0.3, -0.25) is 4.90 Å². The molecule has 48 heavy (non-hydrogen) atoms. The second kappa shape index (κ2) is 12.7. The van der Waals surface area contributed by atoms with Gasteiger partial charge in [-0.05, 0) is 67.3 Å². The normalized spacial score (nSPS) is 19.8. The number of fused-ring (bicyclic) bond motifs is 1. The van der Waals surface area contributed by atoms with Crippen molar-refractivity contribution < 1.29 is 36.2 Å². The first-order valence-electron chi connectivity index (χ1n) is 15.5. The fourth-order valence-corrected chi connectivity index (χ4v) is 6.18. The molecule has 2 aromatic carbocycles. The lowest BCUT2D eigenvalue weighted by molar-refractivity contribution is -0.139. The second-order valence-corrected chi connectivity index (χ2v) is 12.3. The van der Waals surface area contributed by atoms with Crippen LogP contribution in [0, 0.1) is 11.7 Å². The third-order valence-corrected chi connectivity index (χ3v) is 9.04. The van der Waals surface area contributed by atoms with E-state index in [1.165, 1.54) is 24.5 Å². The first-order valence-corrected chi connectivity index (χ1v) is 15.5. The van der Waals surface area contributed by atoms with Crippen LogP contribution < -0.4 is 21.1 Å². The summed E-state index contributed by atoms with van der Waals surface area (Å²) >= 11 is 0. The number of urea groups is 1. The number of nitrogen functional groups attached to an aromatic ring is 1. The summed E-state index contributed by atoms with van der Waals surface area (Å²) < 4.78 is 83.9. The van der Waals surface area contributed by atoms with Gasteiger partial charge >= 0.3 is 12.2 Å². The Balaban J connectivity index is 1.02. The highest BCUT2D eigenvalue weighted by atomic mass is 19.4. The Morgan fingerprint density at radius 3 is 2.58 bits per heavy atom. The number of halogens is 5. The number of aromatic nitrogens is 3. The molecule has 1 aliphatic carbocycles. The van der Waals surface area contributed by atoms with Crippen molar-refractivity contribution in [1.82, 2.24) is 19.4 Å². The molecule has 4 N–H and O–H groups in total. The number of rotatable bonds is 8. The fourth-order valence-electron chi connectivity index (χ4n) is 6.18. The number of carbonyl (C=O) groups is 1. The molecule has 2 aromatic heterocycles. The maximum Gasteiger partial charge on any atom is 0.420 e. The number of ether oxygens (including phenoxy) is 2. The number of nitrogens with one attached hydrogen (secondary N) is 2. The van der Waals surface area contributed by atoms with Crippen molar-refractivity contribution in [3.8, 4) is 16.9 Å². The van der Waals surface area contributed by atoms with Gasteiger partial charge in [0.15, 0.2) is 0 Å². The number of hydrogen-bond acceptors (Lipinski definition) is 7. The molecular formula is C33H32F5N7O3. The molecule has 2 aliphatic heterocycles. The van der Waals surface area contributed by atoms with Crippen LogP contribution >= 0.6 is 0 Å². The largest absolute Gasteiger partial charge is 0.492 e. The molecule has 1 unspecified atom stereocenters. The van der Waals surface area contributed by atoms with Crippen molar-refractivity contribution in [2.45, 2.75) is 37.5 Å². The molecule has 0 radical (unpaired) electrons. The molecular weight excluding hydrogens is 637 g/mol. The molecule has 1 saturated carbocycles. The summed E-state index contributed by atoms with van der Waals surface area (Å²) in [5.74, 6) is -1.34. The minimum atomic E-state index is -4.81. The fraction of sp³-hybridized carbons (Fsp3) is 0.364. The molecule has 252 valence electrons. The number of alkyl halides is 3. The standard InChI is InChI=1S/C33H32F5N7O3/c34-11-20-12-44(23-15-47-16-23)8-7-19(20)14-48-28-6-2-21(10-25(28)33(36,37)38)42-32(46)43-27-5-1-18(9-26(27)35)24-13-45(22-3-4-22)31-29(24)30(39)40-17-41-31/h1-2,5-6,9-11,13,17,19,22-23H,3-4,7-8,12,14-16H2,(H2,39,40,41)(H2,42,43,46)/b20-11+. The van der Waals surface area contributed by atoms with Crippen LogP contribution in [0.1, 0.15) is 30.9 Å². The number of piperidine rings is 1. The molecule has 3 aliphatic rings. The Morgan fingerprint density at radius 1 is 1.08 bits per heavy atom. The van der Waals surface area contributed by atoms with Gasteiger partial charge in [0.05, 0.1) is 48.8 Å². The van der Waals surface area contributed by atoms with E-state index in [2.05, 4.69) is 25.5 Å². The predicted molar refractivity (Wildman–Crippen MR) is 169 cm³/mol. The number of benzene rings is 2. The first-order chi connectivity index (χ1) is 23.1. The molecule has 0 spiro atoms. The van der Waals surface area contributed by atoms with Crippen molar-refractivity contribution in [3.63, 3.8) is 0 Å². The smallest absolute Gasteiger partial charge is 0.420 e. The van der Waals surface area contributed by atoms with E-state index in [1.54, 1.807) is 6.07 Å². The molecule has 7 rings (SSSR count). The van der Waals surface area contributed by atoms with Crippen molar-refractivity contribution in [2.75, 3.05) is 49.3 Å². The van der Waals surface area contributed by atoms with Gasteiger partial charge in [0, 0.05) is 36.0 Å². The summed E-state index contributed by atoms with van der Waals surface area (Å²) in [6.45, 7) is 2.03. The van der Waals surface area contributed by atoms with E-state index in [9.17, 15) is 22.4 Å². The molecule has 15 heteroatoms. The molecule has 0 bridgehead atoms. The quantitative estimate of drug-likeness (QED) is 0.177. The lowest BCUT2D eigenvalue weighted by atomic mass is 9.91. The molecule has 10 nitrogen and oxygen atoms in total. The van der Waals surface area contributed by atoms with Crippen LogP contribution in [0.4, 0.5) is 43.9 Å². The zero-order valence-electron chi connectivity index (χ0n) is 25.6. The van der Waals surface area contributed by atoms with Crippen molar-refractivity contribution in [3.05, 3.63) is 72.2 Å². The Hall–Kier alpha value is -4.76. The number of amides is 2. The molecule has 4 heterocycles. The Labute approximate surface area is 271 Å². The van der Waals surface area contributed by atoms with Crippen LogP contribution in [0.15, 0.2) is 60.8 Å². The average Bonchev–Trinajstić information content (AvgIpc) is 3.80. The van der Waals surface area contributed by atoms with Crippen molar-refractivity contribution in [2.24, 2.45) is 5.92 Å². The maximum atomic E-state index is 15.2. The third-order valence-electron chi connectivity index (χ3n) is 9.04. The van der Waals surface area contributed by atoms with E-state index < -0.39 is 29.3 Å². The van der Waals surface area contributed by atoms with E-state index in [0.29, 0.717) is 66.8 Å². The van der Waals surface area contributed by atoms with Gasteiger partial charge in [-0.2, -0.15) is 13.2 Å². The summed E-state index contributed by atoms with van der Waals surface area (Å²) in [5.41, 5.74) is 6.89. The summed E-state index contributed by atoms with van der Waals surface area (Å²) in [4.78, 5) is 23.3. The van der Waals surface area contributed by atoms with Gasteiger partial charge in [-0.1, -0.05) is 6.07 Å². The topological polar surface area (TPSA) is 120 Å². The zero-order valence-corrected chi connectivity index (χ0v) is 25.6. The van der Waals surface area contributed by atoms with E-state index in [4.69, 9.17) is 15.2 Å². The third kappa shape index (κ3) is 6.39. The van der Waals surface area contributed by atoms with E-state index in [-0.39, 0.29) is 41.8 Å². The molecule has 2 amide bonds. The van der Waals surface area contributed by atoms with Gasteiger partial charge in [0.1, 0.15) is 29.4 Å². The monoisotopic (exact) mass is 669 g/mol. The number of nitrogens with two attached hydrogens (primary N) is 1. The van der Waals surface area contributed by atoms with E-state index >= 15 is 4.39 Å². The van der Waals surface area contributed by atoms with Gasteiger partial charge < -0.3 is 30.4 Å². The first kappa shape index (κ1) is 31.8. The minimum absolute atomic E-state index is 0.142. The molecule has 2 saturated heterocycles. The average molecular weight is 670 g/mol. The minimum Gasteiger partial charge on any atom is -0.492 e.